The van der Waals surface area contributed by atoms with E-state index < -0.39 is 12.1 Å². The smallest absolute Gasteiger partial charge is 0.349 e. The number of nitrogens with zero attached hydrogens (tertiary/aromatic N) is 4. The molecule has 0 radical (unpaired) electrons. The molecule has 8 nitrogen and oxygen atoms in total. The number of benzene rings is 1. The highest BCUT2D eigenvalue weighted by atomic mass is 35.5. The molecule has 0 amide bonds. The van der Waals surface area contributed by atoms with Crippen molar-refractivity contribution in [3.05, 3.63) is 41.8 Å². The van der Waals surface area contributed by atoms with Crippen LogP contribution >= 0.6 is 11.6 Å². The normalized spacial score (nSPS) is 12.3. The van der Waals surface area contributed by atoms with Crippen molar-refractivity contribution in [2.24, 2.45) is 0 Å². The number of esters is 1. The van der Waals surface area contributed by atoms with Gasteiger partial charge in [-0.05, 0) is 26.0 Å². The number of fused-ring (bicyclic) bond motifs is 1. The lowest BCUT2D eigenvalue weighted by molar-refractivity contribution is -0.152. The molecule has 0 N–H and O–H groups in total. The second kappa shape index (κ2) is 8.32. The van der Waals surface area contributed by atoms with E-state index in [0.29, 0.717) is 21.7 Å². The number of carbonyl (C=O) groups is 1. The highest BCUT2D eigenvalue weighted by Crippen LogP contribution is 2.27. The highest BCUT2D eigenvalue weighted by Gasteiger charge is 2.25. The maximum atomic E-state index is 12.0. The lowest BCUT2D eigenvalue weighted by Gasteiger charge is -2.18. The van der Waals surface area contributed by atoms with Gasteiger partial charge in [0.1, 0.15) is 11.7 Å². The third-order valence-electron chi connectivity index (χ3n) is 3.71. The summed E-state index contributed by atoms with van der Waals surface area (Å²) in [4.78, 5) is 20.4. The first kappa shape index (κ1) is 19.1. The van der Waals surface area contributed by atoms with Gasteiger partial charge in [0.2, 0.25) is 12.0 Å². The van der Waals surface area contributed by atoms with E-state index in [1.54, 1.807) is 16.9 Å². The number of hydrogen-bond acceptors (Lipinski definition) is 7. The highest BCUT2D eigenvalue weighted by molar-refractivity contribution is 6.32. The fourth-order valence-electron chi connectivity index (χ4n) is 2.41. The number of ether oxygens (including phenoxy) is 3. The van der Waals surface area contributed by atoms with Gasteiger partial charge in [-0.15, -0.1) is 0 Å². The Kier molecular flexibility index (Phi) is 5.88. The standard InChI is InChI=1S/C18H19ClN4O4/c1-11(2)26-9-15(18(24)25-3)27-17-12-8-22-23(16(12)20-10-21-17)14-7-5-4-6-13(14)19/h4-8,10-11,15H,9H2,1-3H3. The van der Waals surface area contributed by atoms with Crippen LogP contribution in [0.1, 0.15) is 13.8 Å². The summed E-state index contributed by atoms with van der Waals surface area (Å²) in [6, 6.07) is 7.27. The lowest BCUT2D eigenvalue weighted by atomic mass is 10.3. The maximum absolute atomic E-state index is 12.0. The van der Waals surface area contributed by atoms with E-state index in [0.717, 1.165) is 0 Å². The van der Waals surface area contributed by atoms with Crippen LogP contribution < -0.4 is 4.74 Å². The van der Waals surface area contributed by atoms with Crippen molar-refractivity contribution < 1.29 is 19.0 Å². The minimum absolute atomic E-state index is 0.0362. The van der Waals surface area contributed by atoms with Gasteiger partial charge in [0.25, 0.3) is 0 Å². The minimum Gasteiger partial charge on any atom is -0.466 e. The Bertz CT molecular complexity index is 944. The molecule has 1 unspecified atom stereocenters. The third kappa shape index (κ3) is 4.17. The minimum atomic E-state index is -0.959. The van der Waals surface area contributed by atoms with Crippen molar-refractivity contribution in [1.82, 2.24) is 19.7 Å². The van der Waals surface area contributed by atoms with E-state index in [-0.39, 0.29) is 18.6 Å². The van der Waals surface area contributed by atoms with Gasteiger partial charge >= 0.3 is 5.97 Å². The lowest BCUT2D eigenvalue weighted by Crippen LogP contribution is -2.34. The van der Waals surface area contributed by atoms with Crippen LogP contribution in [0, 0.1) is 0 Å². The van der Waals surface area contributed by atoms with Crippen molar-refractivity contribution in [2.75, 3.05) is 13.7 Å². The molecule has 9 heteroatoms. The number of para-hydroxylation sites is 1. The van der Waals surface area contributed by atoms with Gasteiger partial charge in [-0.1, -0.05) is 23.7 Å². The topological polar surface area (TPSA) is 88.4 Å². The van der Waals surface area contributed by atoms with Crippen LogP contribution in [0.4, 0.5) is 0 Å². The van der Waals surface area contributed by atoms with E-state index in [2.05, 4.69) is 15.1 Å². The van der Waals surface area contributed by atoms with Gasteiger partial charge in [-0.25, -0.2) is 19.4 Å². The first-order chi connectivity index (χ1) is 13.0. The Balaban J connectivity index is 1.95. The Morgan fingerprint density at radius 1 is 1.26 bits per heavy atom. The third-order valence-corrected chi connectivity index (χ3v) is 4.03. The van der Waals surface area contributed by atoms with Gasteiger partial charge in [0.05, 0.1) is 36.7 Å². The summed E-state index contributed by atoms with van der Waals surface area (Å²) in [5.41, 5.74) is 1.17. The summed E-state index contributed by atoms with van der Waals surface area (Å²) in [5.74, 6) is -0.345. The molecule has 0 aliphatic rings. The number of aromatic nitrogens is 4. The first-order valence-corrected chi connectivity index (χ1v) is 8.68. The van der Waals surface area contributed by atoms with Crippen LogP contribution in [0.2, 0.25) is 5.02 Å². The molecule has 1 atom stereocenters. The zero-order valence-electron chi connectivity index (χ0n) is 15.1. The summed E-state index contributed by atoms with van der Waals surface area (Å²) < 4.78 is 17.6. The fourth-order valence-corrected chi connectivity index (χ4v) is 2.63. The van der Waals surface area contributed by atoms with E-state index >= 15 is 0 Å². The van der Waals surface area contributed by atoms with Crippen molar-refractivity contribution in [3.63, 3.8) is 0 Å². The molecule has 0 saturated heterocycles. The van der Waals surface area contributed by atoms with Crippen molar-refractivity contribution in [2.45, 2.75) is 26.1 Å². The molecule has 0 bridgehead atoms. The quantitative estimate of drug-likeness (QED) is 0.573. The molecule has 0 saturated carbocycles. The van der Waals surface area contributed by atoms with Crippen LogP contribution in [0.15, 0.2) is 36.8 Å². The van der Waals surface area contributed by atoms with E-state index in [9.17, 15) is 4.79 Å². The van der Waals surface area contributed by atoms with E-state index in [4.69, 9.17) is 25.8 Å². The Labute approximate surface area is 161 Å². The summed E-state index contributed by atoms with van der Waals surface area (Å²) in [5, 5.41) is 5.40. The zero-order valence-corrected chi connectivity index (χ0v) is 15.9. The first-order valence-electron chi connectivity index (χ1n) is 8.31. The summed E-state index contributed by atoms with van der Waals surface area (Å²) in [6.45, 7) is 3.77. The van der Waals surface area contributed by atoms with Gasteiger partial charge in [0.15, 0.2) is 5.65 Å². The summed E-state index contributed by atoms with van der Waals surface area (Å²) in [6.07, 6.45) is 1.88. The van der Waals surface area contributed by atoms with Crippen LogP contribution in [-0.4, -0.2) is 51.6 Å². The van der Waals surface area contributed by atoms with E-state index in [1.807, 2.05) is 32.0 Å². The summed E-state index contributed by atoms with van der Waals surface area (Å²) >= 11 is 6.26. The molecule has 1 aromatic carbocycles. The van der Waals surface area contributed by atoms with Gasteiger partial charge in [-0.2, -0.15) is 5.10 Å². The van der Waals surface area contributed by atoms with Gasteiger partial charge in [-0.3, -0.25) is 0 Å². The molecule has 0 aliphatic carbocycles. The molecule has 142 valence electrons. The van der Waals surface area contributed by atoms with Crippen LogP contribution in [0.3, 0.4) is 0 Å². The van der Waals surface area contributed by atoms with Gasteiger partial charge < -0.3 is 14.2 Å². The maximum Gasteiger partial charge on any atom is 0.349 e. The molecule has 3 aromatic rings. The zero-order chi connectivity index (χ0) is 19.4. The monoisotopic (exact) mass is 390 g/mol. The SMILES string of the molecule is COC(=O)C(COC(C)C)Oc1ncnc2c1cnn2-c1ccccc1Cl. The van der Waals surface area contributed by atoms with Crippen molar-refractivity contribution >= 4 is 28.6 Å². The van der Waals surface area contributed by atoms with E-state index in [1.165, 1.54) is 13.4 Å². The number of hydrogen-bond donors (Lipinski definition) is 0. The second-order valence-corrected chi connectivity index (χ2v) is 6.34. The molecular weight excluding hydrogens is 372 g/mol. The molecule has 2 aromatic heterocycles. The molecule has 0 aliphatic heterocycles. The molecule has 27 heavy (non-hydrogen) atoms. The molecule has 0 fully saturated rings. The number of halogens is 1. The van der Waals surface area contributed by atoms with Crippen LogP contribution in [0.25, 0.3) is 16.7 Å². The predicted octanol–water partition coefficient (Wildman–Crippen LogP) is 2.81. The van der Waals surface area contributed by atoms with Gasteiger partial charge in [0, 0.05) is 0 Å². The van der Waals surface area contributed by atoms with Crippen LogP contribution in [-0.2, 0) is 14.3 Å². The van der Waals surface area contributed by atoms with Crippen molar-refractivity contribution in [1.29, 1.82) is 0 Å². The average molecular weight is 391 g/mol. The second-order valence-electron chi connectivity index (χ2n) is 5.94. The average Bonchev–Trinajstić information content (AvgIpc) is 3.09. The van der Waals surface area contributed by atoms with Crippen molar-refractivity contribution in [3.8, 4) is 11.6 Å². The molecular formula is C18H19ClN4O4. The number of carbonyl (C=O) groups excluding carboxylic acids is 1. The predicted molar refractivity (Wildman–Crippen MR) is 99.2 cm³/mol. The Hall–Kier alpha value is -2.71. The largest absolute Gasteiger partial charge is 0.466 e. The molecule has 3 rings (SSSR count). The number of rotatable bonds is 7. The summed E-state index contributed by atoms with van der Waals surface area (Å²) in [7, 11) is 1.29. The fraction of sp³-hybridized carbons (Fsp3) is 0.333. The molecule has 2 heterocycles. The Morgan fingerprint density at radius 3 is 2.74 bits per heavy atom. The van der Waals surface area contributed by atoms with Crippen LogP contribution in [0.5, 0.6) is 5.88 Å². The molecule has 0 spiro atoms. The number of methoxy groups -OCH3 is 1. The Morgan fingerprint density at radius 2 is 2.04 bits per heavy atom.